The molecule has 82 valence electrons. The lowest BCUT2D eigenvalue weighted by Gasteiger charge is -2.26. The number of anilines is 1. The number of carbonyl (C=O) groups excluding carboxylic acids is 1. The topological polar surface area (TPSA) is 77.0 Å². The zero-order valence-electron chi connectivity index (χ0n) is 8.59. The first-order valence-corrected chi connectivity index (χ1v) is 5.18. The average Bonchev–Trinajstić information content (AvgIpc) is 2.65. The van der Waals surface area contributed by atoms with Gasteiger partial charge in [-0.25, -0.2) is 9.67 Å². The normalized spacial score (nSPS) is 16.7. The van der Waals surface area contributed by atoms with E-state index in [4.69, 9.17) is 5.73 Å². The monoisotopic (exact) mass is 209 g/mol. The van der Waals surface area contributed by atoms with Gasteiger partial charge in [0.2, 0.25) is 11.9 Å². The summed E-state index contributed by atoms with van der Waals surface area (Å²) in [5.41, 5.74) is 5.36. The van der Waals surface area contributed by atoms with Gasteiger partial charge >= 0.3 is 0 Å². The number of hydrogen-bond acceptors (Lipinski definition) is 4. The van der Waals surface area contributed by atoms with E-state index in [2.05, 4.69) is 10.1 Å². The van der Waals surface area contributed by atoms with Crippen molar-refractivity contribution in [1.82, 2.24) is 19.7 Å². The van der Waals surface area contributed by atoms with E-state index in [1.54, 1.807) is 0 Å². The number of aromatic nitrogens is 3. The lowest BCUT2D eigenvalue weighted by molar-refractivity contribution is -0.132. The predicted molar refractivity (Wildman–Crippen MR) is 54.9 cm³/mol. The van der Waals surface area contributed by atoms with Crippen molar-refractivity contribution in [3.05, 3.63) is 6.33 Å². The molecular weight excluding hydrogens is 194 g/mol. The quantitative estimate of drug-likeness (QED) is 0.736. The molecule has 6 nitrogen and oxygen atoms in total. The summed E-state index contributed by atoms with van der Waals surface area (Å²) in [4.78, 5) is 17.4. The summed E-state index contributed by atoms with van der Waals surface area (Å²) in [5, 5.41) is 3.88. The van der Waals surface area contributed by atoms with Crippen LogP contribution in [0.5, 0.6) is 0 Å². The van der Waals surface area contributed by atoms with Gasteiger partial charge in [-0.2, -0.15) is 0 Å². The van der Waals surface area contributed by atoms with Gasteiger partial charge < -0.3 is 10.6 Å². The maximum absolute atomic E-state index is 11.8. The minimum atomic E-state index is 0.0969. The standard InChI is InChI=1S/C9H15N5O/c10-9-11-7-14(12-9)6-8(15)13-4-2-1-3-5-13/h7H,1-6H2,(H2,10,12). The van der Waals surface area contributed by atoms with Gasteiger partial charge in [-0.1, -0.05) is 0 Å². The molecule has 1 fully saturated rings. The zero-order valence-corrected chi connectivity index (χ0v) is 8.59. The van der Waals surface area contributed by atoms with Crippen molar-refractivity contribution in [2.45, 2.75) is 25.8 Å². The highest BCUT2D eigenvalue weighted by Gasteiger charge is 2.16. The average molecular weight is 209 g/mol. The van der Waals surface area contributed by atoms with Crippen LogP contribution in [0.2, 0.25) is 0 Å². The smallest absolute Gasteiger partial charge is 0.244 e. The lowest BCUT2D eigenvalue weighted by Crippen LogP contribution is -2.37. The zero-order chi connectivity index (χ0) is 10.7. The molecule has 0 spiro atoms. The molecule has 0 aliphatic carbocycles. The highest BCUT2D eigenvalue weighted by atomic mass is 16.2. The molecule has 0 aromatic carbocycles. The van der Waals surface area contributed by atoms with Gasteiger partial charge in [0.05, 0.1) is 0 Å². The molecule has 0 bridgehead atoms. The Bertz CT molecular complexity index is 342. The summed E-state index contributed by atoms with van der Waals surface area (Å²) in [5.74, 6) is 0.307. The summed E-state index contributed by atoms with van der Waals surface area (Å²) >= 11 is 0. The molecule has 0 radical (unpaired) electrons. The van der Waals surface area contributed by atoms with Gasteiger partial charge in [-0.3, -0.25) is 4.79 Å². The van der Waals surface area contributed by atoms with E-state index in [0.29, 0.717) is 0 Å². The molecule has 2 rings (SSSR count). The summed E-state index contributed by atoms with van der Waals surface area (Å²) in [7, 11) is 0. The highest BCUT2D eigenvalue weighted by molar-refractivity contribution is 5.75. The number of hydrogen-bond donors (Lipinski definition) is 1. The number of piperidine rings is 1. The molecule has 6 heteroatoms. The van der Waals surface area contributed by atoms with E-state index in [0.717, 1.165) is 25.9 Å². The second kappa shape index (κ2) is 4.29. The molecule has 1 aliphatic heterocycles. The Morgan fingerprint density at radius 2 is 2.13 bits per heavy atom. The molecule has 0 saturated carbocycles. The Balaban J connectivity index is 1.91. The minimum Gasteiger partial charge on any atom is -0.367 e. The van der Waals surface area contributed by atoms with Crippen molar-refractivity contribution < 1.29 is 4.79 Å². The third kappa shape index (κ3) is 2.45. The van der Waals surface area contributed by atoms with Crippen LogP contribution in [0.15, 0.2) is 6.33 Å². The molecule has 1 amide bonds. The molecular formula is C9H15N5O. The number of likely N-dealkylation sites (tertiary alicyclic amines) is 1. The molecule has 1 aromatic heterocycles. The molecule has 2 N–H and O–H groups in total. The molecule has 1 saturated heterocycles. The highest BCUT2D eigenvalue weighted by Crippen LogP contribution is 2.09. The number of amides is 1. The number of nitrogens with two attached hydrogens (primary N) is 1. The van der Waals surface area contributed by atoms with E-state index in [1.807, 2.05) is 4.90 Å². The Morgan fingerprint density at radius 1 is 1.40 bits per heavy atom. The van der Waals surface area contributed by atoms with Gasteiger partial charge in [0.1, 0.15) is 12.9 Å². The van der Waals surface area contributed by atoms with Crippen LogP contribution >= 0.6 is 0 Å². The Hall–Kier alpha value is -1.59. The molecule has 0 unspecified atom stereocenters. The third-order valence-corrected chi connectivity index (χ3v) is 2.56. The lowest BCUT2D eigenvalue weighted by atomic mass is 10.1. The first kappa shape index (κ1) is 9.95. The maximum Gasteiger partial charge on any atom is 0.244 e. The molecule has 0 atom stereocenters. The van der Waals surface area contributed by atoms with Crippen LogP contribution < -0.4 is 5.73 Å². The fraction of sp³-hybridized carbons (Fsp3) is 0.667. The fourth-order valence-electron chi connectivity index (χ4n) is 1.77. The number of nitrogens with zero attached hydrogens (tertiary/aromatic N) is 4. The van der Waals surface area contributed by atoms with Crippen LogP contribution in [0.3, 0.4) is 0 Å². The maximum atomic E-state index is 11.8. The summed E-state index contributed by atoms with van der Waals surface area (Å²) < 4.78 is 1.48. The summed E-state index contributed by atoms with van der Waals surface area (Å²) in [6.45, 7) is 1.97. The molecule has 1 aromatic rings. The number of carbonyl (C=O) groups is 1. The van der Waals surface area contributed by atoms with E-state index in [-0.39, 0.29) is 18.4 Å². The van der Waals surface area contributed by atoms with Crippen molar-refractivity contribution in [2.75, 3.05) is 18.8 Å². The van der Waals surface area contributed by atoms with Gasteiger partial charge in [-0.05, 0) is 19.3 Å². The first-order valence-electron chi connectivity index (χ1n) is 5.18. The van der Waals surface area contributed by atoms with Crippen LogP contribution in [0.1, 0.15) is 19.3 Å². The van der Waals surface area contributed by atoms with Gasteiger partial charge in [-0.15, -0.1) is 5.10 Å². The van der Waals surface area contributed by atoms with Crippen molar-refractivity contribution in [3.8, 4) is 0 Å². The van der Waals surface area contributed by atoms with Crippen LogP contribution in [-0.4, -0.2) is 38.7 Å². The fourth-order valence-corrected chi connectivity index (χ4v) is 1.77. The summed E-state index contributed by atoms with van der Waals surface area (Å²) in [6.07, 6.45) is 4.91. The molecule has 1 aliphatic rings. The van der Waals surface area contributed by atoms with Crippen molar-refractivity contribution >= 4 is 11.9 Å². The van der Waals surface area contributed by atoms with Crippen molar-refractivity contribution in [1.29, 1.82) is 0 Å². The third-order valence-electron chi connectivity index (χ3n) is 2.56. The minimum absolute atomic E-state index is 0.0969. The predicted octanol–water partition coefficient (Wildman–Crippen LogP) is -0.127. The van der Waals surface area contributed by atoms with Crippen LogP contribution in [0.4, 0.5) is 5.95 Å². The first-order chi connectivity index (χ1) is 7.25. The Morgan fingerprint density at radius 3 is 2.73 bits per heavy atom. The number of rotatable bonds is 2. The van der Waals surface area contributed by atoms with Crippen molar-refractivity contribution in [2.24, 2.45) is 0 Å². The summed E-state index contributed by atoms with van der Waals surface area (Å²) in [6, 6.07) is 0. The largest absolute Gasteiger partial charge is 0.367 e. The molecule has 2 heterocycles. The SMILES string of the molecule is Nc1ncn(CC(=O)N2CCCCC2)n1. The van der Waals surface area contributed by atoms with Crippen LogP contribution in [-0.2, 0) is 11.3 Å². The van der Waals surface area contributed by atoms with Crippen molar-refractivity contribution in [3.63, 3.8) is 0 Å². The van der Waals surface area contributed by atoms with Crippen LogP contribution in [0.25, 0.3) is 0 Å². The molecule has 15 heavy (non-hydrogen) atoms. The van der Waals surface area contributed by atoms with Gasteiger partial charge in [0.15, 0.2) is 0 Å². The van der Waals surface area contributed by atoms with E-state index >= 15 is 0 Å². The van der Waals surface area contributed by atoms with Gasteiger partial charge in [0, 0.05) is 13.1 Å². The van der Waals surface area contributed by atoms with Gasteiger partial charge in [0.25, 0.3) is 0 Å². The van der Waals surface area contributed by atoms with Crippen LogP contribution in [0, 0.1) is 0 Å². The Labute approximate surface area is 88.1 Å². The second-order valence-corrected chi connectivity index (χ2v) is 3.74. The Kier molecular flexibility index (Phi) is 2.84. The van der Waals surface area contributed by atoms with E-state index < -0.39 is 0 Å². The van der Waals surface area contributed by atoms with E-state index in [9.17, 15) is 4.79 Å². The van der Waals surface area contributed by atoms with E-state index in [1.165, 1.54) is 17.4 Å². The second-order valence-electron chi connectivity index (χ2n) is 3.74. The number of nitrogen functional groups attached to an aromatic ring is 1.